The van der Waals surface area contributed by atoms with Gasteiger partial charge in [0, 0.05) is 6.42 Å². The van der Waals surface area contributed by atoms with E-state index in [0.29, 0.717) is 5.70 Å². The number of allylic oxidation sites excluding steroid dienone is 3. The molecule has 0 aromatic heterocycles. The van der Waals surface area contributed by atoms with E-state index < -0.39 is 0 Å². The molecule has 0 aliphatic heterocycles. The highest BCUT2D eigenvalue weighted by Crippen LogP contribution is 2.17. The second kappa shape index (κ2) is 3.30. The van der Waals surface area contributed by atoms with Gasteiger partial charge in [0.2, 0.25) is 0 Å². The highest BCUT2D eigenvalue weighted by Gasteiger charge is 2.01. The lowest BCUT2D eigenvalue weighted by Crippen LogP contribution is -1.77. The summed E-state index contributed by atoms with van der Waals surface area (Å²) in [6.07, 6.45) is 6.82. The maximum absolute atomic E-state index is 10.1. The fourth-order valence-corrected chi connectivity index (χ4v) is 1.08. The van der Waals surface area contributed by atoms with Crippen molar-refractivity contribution in [3.05, 3.63) is 28.3 Å². The molecule has 1 aliphatic carbocycles. The molecule has 0 saturated carbocycles. The number of rotatable bonds is 1. The van der Waals surface area contributed by atoms with Crippen LogP contribution in [0.25, 0.3) is 0 Å². The first-order valence-corrected chi connectivity index (χ1v) is 3.51. The first kappa shape index (κ1) is 7.19. The van der Waals surface area contributed by atoms with Crippen LogP contribution in [0.5, 0.6) is 0 Å². The molecule has 0 heterocycles. The molecule has 1 rings (SSSR count). The molecule has 0 saturated heterocycles. The van der Waals surface area contributed by atoms with Crippen molar-refractivity contribution in [3.63, 3.8) is 0 Å². The Labute approximate surface area is 60.6 Å². The summed E-state index contributed by atoms with van der Waals surface area (Å²) >= 11 is 0. The quantitative estimate of drug-likeness (QED) is 0.403. The molecule has 0 bridgehead atoms. The number of nitroso groups, excluding NO2 is 1. The molecule has 0 radical (unpaired) electrons. The van der Waals surface area contributed by atoms with Crippen molar-refractivity contribution in [1.29, 1.82) is 0 Å². The van der Waals surface area contributed by atoms with Gasteiger partial charge in [-0.25, -0.2) is 0 Å². The topological polar surface area (TPSA) is 29.4 Å². The second-order valence-corrected chi connectivity index (χ2v) is 2.59. The summed E-state index contributed by atoms with van der Waals surface area (Å²) in [5, 5.41) is 2.93. The van der Waals surface area contributed by atoms with Crippen LogP contribution >= 0.6 is 0 Å². The van der Waals surface area contributed by atoms with E-state index in [2.05, 4.69) is 11.3 Å². The van der Waals surface area contributed by atoms with Crippen molar-refractivity contribution >= 4 is 0 Å². The van der Waals surface area contributed by atoms with Crippen LogP contribution in [0.1, 0.15) is 26.2 Å². The summed E-state index contributed by atoms with van der Waals surface area (Å²) in [6.45, 7) is 2.03. The fourth-order valence-electron chi connectivity index (χ4n) is 1.08. The van der Waals surface area contributed by atoms with Crippen LogP contribution in [0, 0.1) is 4.91 Å². The summed E-state index contributed by atoms with van der Waals surface area (Å²) in [7, 11) is 0. The molecule has 0 unspecified atom stereocenters. The Morgan fingerprint density at radius 3 is 2.80 bits per heavy atom. The summed E-state index contributed by atoms with van der Waals surface area (Å²) in [6, 6.07) is 0. The smallest absolute Gasteiger partial charge is 0.0849 e. The van der Waals surface area contributed by atoms with Crippen LogP contribution in [0.2, 0.25) is 0 Å². The van der Waals surface area contributed by atoms with Crippen molar-refractivity contribution in [2.24, 2.45) is 5.18 Å². The molecule has 0 aromatic rings. The Kier molecular flexibility index (Phi) is 2.37. The molecule has 0 amide bonds. The minimum absolute atomic E-state index is 0.686. The van der Waals surface area contributed by atoms with Crippen molar-refractivity contribution in [1.82, 2.24) is 0 Å². The van der Waals surface area contributed by atoms with Crippen LogP contribution in [0.15, 0.2) is 28.6 Å². The Bertz CT molecular complexity index is 191. The summed E-state index contributed by atoms with van der Waals surface area (Å²) < 4.78 is 0. The lowest BCUT2D eigenvalue weighted by Gasteiger charge is -1.93. The van der Waals surface area contributed by atoms with E-state index in [4.69, 9.17) is 0 Å². The van der Waals surface area contributed by atoms with Crippen molar-refractivity contribution < 1.29 is 0 Å². The third kappa shape index (κ3) is 1.79. The standard InChI is InChI=1S/C8H11NO/c1-7-4-2-3-5-8(6-7)9-10/h4-5H,2-3,6H2,1H3. The lowest BCUT2D eigenvalue weighted by molar-refractivity contribution is 1.04. The summed E-state index contributed by atoms with van der Waals surface area (Å²) in [4.78, 5) is 10.1. The molecule has 0 N–H and O–H groups in total. The van der Waals surface area contributed by atoms with Crippen LogP contribution in [0.4, 0.5) is 0 Å². The normalized spacial score (nSPS) is 18.9. The minimum Gasteiger partial charge on any atom is -0.145 e. The Morgan fingerprint density at radius 2 is 2.10 bits per heavy atom. The molecule has 0 aromatic carbocycles. The Balaban J connectivity index is 2.68. The molecular weight excluding hydrogens is 126 g/mol. The average Bonchev–Trinajstić information content (AvgIpc) is 2.13. The fraction of sp³-hybridized carbons (Fsp3) is 0.500. The highest BCUT2D eigenvalue weighted by atomic mass is 16.3. The van der Waals surface area contributed by atoms with E-state index in [9.17, 15) is 4.91 Å². The zero-order valence-corrected chi connectivity index (χ0v) is 6.13. The predicted octanol–water partition coefficient (Wildman–Crippen LogP) is 2.77. The van der Waals surface area contributed by atoms with E-state index >= 15 is 0 Å². The van der Waals surface area contributed by atoms with Gasteiger partial charge in [-0.3, -0.25) is 0 Å². The molecule has 10 heavy (non-hydrogen) atoms. The average molecular weight is 137 g/mol. The van der Waals surface area contributed by atoms with E-state index in [0.717, 1.165) is 19.3 Å². The largest absolute Gasteiger partial charge is 0.145 e. The zero-order valence-electron chi connectivity index (χ0n) is 6.13. The summed E-state index contributed by atoms with van der Waals surface area (Å²) in [5.41, 5.74) is 1.94. The highest BCUT2D eigenvalue weighted by molar-refractivity contribution is 5.15. The van der Waals surface area contributed by atoms with Crippen LogP contribution in [-0.2, 0) is 0 Å². The summed E-state index contributed by atoms with van der Waals surface area (Å²) in [5.74, 6) is 0. The van der Waals surface area contributed by atoms with Crippen molar-refractivity contribution in [3.8, 4) is 0 Å². The molecular formula is C8H11NO. The molecule has 2 nitrogen and oxygen atoms in total. The van der Waals surface area contributed by atoms with Gasteiger partial charge in [-0.1, -0.05) is 17.7 Å². The van der Waals surface area contributed by atoms with Gasteiger partial charge in [-0.05, 0) is 24.9 Å². The van der Waals surface area contributed by atoms with Gasteiger partial charge >= 0.3 is 0 Å². The maximum Gasteiger partial charge on any atom is 0.0849 e. The van der Waals surface area contributed by atoms with Gasteiger partial charge in [0.05, 0.1) is 5.70 Å². The first-order valence-electron chi connectivity index (χ1n) is 3.51. The van der Waals surface area contributed by atoms with E-state index in [1.165, 1.54) is 5.57 Å². The zero-order chi connectivity index (χ0) is 7.40. The monoisotopic (exact) mass is 137 g/mol. The van der Waals surface area contributed by atoms with Gasteiger partial charge in [0.25, 0.3) is 0 Å². The van der Waals surface area contributed by atoms with Crippen LogP contribution in [0.3, 0.4) is 0 Å². The molecule has 2 heteroatoms. The SMILES string of the molecule is CC1=CCCC=C(N=O)C1. The second-order valence-electron chi connectivity index (χ2n) is 2.59. The lowest BCUT2D eigenvalue weighted by atomic mass is 10.2. The van der Waals surface area contributed by atoms with Crippen molar-refractivity contribution in [2.45, 2.75) is 26.2 Å². The molecule has 0 fully saturated rings. The predicted molar refractivity (Wildman–Crippen MR) is 41.5 cm³/mol. The minimum atomic E-state index is 0.686. The molecule has 1 aliphatic rings. The van der Waals surface area contributed by atoms with Crippen LogP contribution < -0.4 is 0 Å². The third-order valence-electron chi connectivity index (χ3n) is 1.62. The van der Waals surface area contributed by atoms with Gasteiger partial charge in [0.1, 0.15) is 0 Å². The Hall–Kier alpha value is -0.920. The van der Waals surface area contributed by atoms with E-state index in [1.807, 2.05) is 13.0 Å². The number of hydrogen-bond donors (Lipinski definition) is 0. The van der Waals surface area contributed by atoms with Gasteiger partial charge in [-0.15, -0.1) is 4.91 Å². The van der Waals surface area contributed by atoms with E-state index in [1.54, 1.807) is 0 Å². The maximum atomic E-state index is 10.1. The number of hydrogen-bond acceptors (Lipinski definition) is 2. The first-order chi connectivity index (χ1) is 4.83. The van der Waals surface area contributed by atoms with Crippen LogP contribution in [-0.4, -0.2) is 0 Å². The molecule has 54 valence electrons. The van der Waals surface area contributed by atoms with Gasteiger partial charge in [0.15, 0.2) is 0 Å². The molecule has 0 atom stereocenters. The third-order valence-corrected chi connectivity index (χ3v) is 1.62. The van der Waals surface area contributed by atoms with Gasteiger partial charge in [-0.2, -0.15) is 0 Å². The Morgan fingerprint density at radius 1 is 1.40 bits per heavy atom. The van der Waals surface area contributed by atoms with Crippen molar-refractivity contribution in [2.75, 3.05) is 0 Å². The van der Waals surface area contributed by atoms with E-state index in [-0.39, 0.29) is 0 Å². The number of nitrogens with zero attached hydrogens (tertiary/aromatic N) is 1. The van der Waals surface area contributed by atoms with Gasteiger partial charge < -0.3 is 0 Å². The molecule has 0 spiro atoms.